The lowest BCUT2D eigenvalue weighted by molar-refractivity contribution is -0.127. The number of hydrogen-bond acceptors (Lipinski definition) is 3. The molecular weight excluding hydrogens is 458 g/mol. The maximum Gasteiger partial charge on any atom is 0.238 e. The fourth-order valence-corrected chi connectivity index (χ4v) is 2.54. The van der Waals surface area contributed by atoms with E-state index in [2.05, 4.69) is 43.5 Å². The van der Waals surface area contributed by atoms with E-state index in [1.165, 1.54) is 5.56 Å². The van der Waals surface area contributed by atoms with E-state index in [0.717, 1.165) is 19.4 Å². The number of rotatable bonds is 8. The summed E-state index contributed by atoms with van der Waals surface area (Å²) in [6.45, 7) is 13.2. The topological polar surface area (TPSA) is 67.1 Å². The van der Waals surface area contributed by atoms with Crippen LogP contribution in [0.15, 0.2) is 30.3 Å². The highest BCUT2D eigenvalue weighted by atomic mass is 79.9. The third-order valence-electron chi connectivity index (χ3n) is 4.38. The van der Waals surface area contributed by atoms with Crippen molar-refractivity contribution in [2.45, 2.75) is 66.1 Å². The van der Waals surface area contributed by atoms with Crippen molar-refractivity contribution >= 4 is 39.9 Å². The molecule has 0 aliphatic heterocycles. The van der Waals surface area contributed by atoms with E-state index in [-0.39, 0.29) is 45.3 Å². The Morgan fingerprint density at radius 1 is 1.12 bits per heavy atom. The maximum absolute atomic E-state index is 12.7. The van der Waals surface area contributed by atoms with Crippen LogP contribution < -0.4 is 16.4 Å². The second-order valence-corrected chi connectivity index (χ2v) is 8.21. The lowest BCUT2D eigenvalue weighted by Gasteiger charge is -2.38. The predicted octanol–water partition coefficient (Wildman–Crippen LogP) is 4.23. The van der Waals surface area contributed by atoms with Gasteiger partial charge in [-0.3, -0.25) is 10.1 Å². The molecule has 0 aromatic heterocycles. The largest absolute Gasteiger partial charge is 0.336 e. The molecular formula is C20H37Br2N3O. The minimum Gasteiger partial charge on any atom is -0.336 e. The highest BCUT2D eigenvalue weighted by molar-refractivity contribution is 8.93. The van der Waals surface area contributed by atoms with E-state index in [1.807, 2.05) is 39.0 Å². The van der Waals surface area contributed by atoms with Crippen LogP contribution in [0.1, 0.15) is 53.5 Å². The van der Waals surface area contributed by atoms with Gasteiger partial charge in [0.2, 0.25) is 5.91 Å². The van der Waals surface area contributed by atoms with Gasteiger partial charge in [0.05, 0.1) is 11.7 Å². The summed E-state index contributed by atoms with van der Waals surface area (Å²) in [7, 11) is 0. The number of amides is 1. The van der Waals surface area contributed by atoms with Crippen LogP contribution >= 0.6 is 34.0 Å². The molecule has 0 unspecified atom stereocenters. The number of benzene rings is 1. The Morgan fingerprint density at radius 3 is 2.08 bits per heavy atom. The molecule has 2 atom stereocenters. The Labute approximate surface area is 180 Å². The van der Waals surface area contributed by atoms with E-state index >= 15 is 0 Å². The van der Waals surface area contributed by atoms with Crippen LogP contribution in [-0.4, -0.2) is 24.2 Å². The molecule has 1 aromatic rings. The molecule has 0 aliphatic carbocycles. The average molecular weight is 495 g/mol. The van der Waals surface area contributed by atoms with Crippen LogP contribution in [0.2, 0.25) is 0 Å². The van der Waals surface area contributed by atoms with Gasteiger partial charge in [0.25, 0.3) is 0 Å². The monoisotopic (exact) mass is 493 g/mol. The van der Waals surface area contributed by atoms with Crippen molar-refractivity contribution in [2.24, 2.45) is 17.1 Å². The molecule has 0 fully saturated rings. The molecule has 0 radical (unpaired) electrons. The van der Waals surface area contributed by atoms with Gasteiger partial charge in [0, 0.05) is 6.42 Å². The second-order valence-electron chi connectivity index (χ2n) is 8.21. The summed E-state index contributed by atoms with van der Waals surface area (Å²) in [5, 5.41) is 6.80. The van der Waals surface area contributed by atoms with Gasteiger partial charge in [-0.05, 0) is 29.9 Å². The van der Waals surface area contributed by atoms with Crippen molar-refractivity contribution in [1.82, 2.24) is 10.6 Å². The van der Waals surface area contributed by atoms with Crippen molar-refractivity contribution in [3.63, 3.8) is 0 Å². The van der Waals surface area contributed by atoms with Gasteiger partial charge >= 0.3 is 0 Å². The number of carbonyl (C=O) groups is 1. The zero-order valence-corrected chi connectivity index (χ0v) is 20.4. The van der Waals surface area contributed by atoms with E-state index in [0.29, 0.717) is 5.92 Å². The van der Waals surface area contributed by atoms with Crippen LogP contribution in [0.25, 0.3) is 0 Å². The van der Waals surface area contributed by atoms with Crippen LogP contribution in [0, 0.1) is 11.3 Å². The number of nitrogens with one attached hydrogen (secondary N) is 2. The van der Waals surface area contributed by atoms with Crippen molar-refractivity contribution in [3.05, 3.63) is 35.9 Å². The van der Waals surface area contributed by atoms with Gasteiger partial charge in [-0.25, -0.2) is 0 Å². The van der Waals surface area contributed by atoms with E-state index in [9.17, 15) is 4.79 Å². The summed E-state index contributed by atoms with van der Waals surface area (Å²) in [4.78, 5) is 12.7. The molecule has 26 heavy (non-hydrogen) atoms. The molecule has 0 aliphatic rings. The molecule has 0 heterocycles. The summed E-state index contributed by atoms with van der Waals surface area (Å²) >= 11 is 0. The molecule has 6 heteroatoms. The number of nitrogens with two attached hydrogens (primary N) is 1. The van der Waals surface area contributed by atoms with Crippen molar-refractivity contribution in [3.8, 4) is 0 Å². The first kappa shape index (κ1) is 27.8. The van der Waals surface area contributed by atoms with Gasteiger partial charge in [0.1, 0.15) is 0 Å². The molecule has 1 aromatic carbocycles. The van der Waals surface area contributed by atoms with Gasteiger partial charge in [-0.2, -0.15) is 0 Å². The average Bonchev–Trinajstić information content (AvgIpc) is 2.51. The Morgan fingerprint density at radius 2 is 1.65 bits per heavy atom. The highest BCUT2D eigenvalue weighted by Gasteiger charge is 2.35. The first-order valence-corrected chi connectivity index (χ1v) is 8.96. The molecule has 0 bridgehead atoms. The normalized spacial score (nSPS) is 14.6. The summed E-state index contributed by atoms with van der Waals surface area (Å²) < 4.78 is 0. The van der Waals surface area contributed by atoms with E-state index < -0.39 is 11.7 Å². The Balaban J connectivity index is 0. The molecule has 0 saturated carbocycles. The van der Waals surface area contributed by atoms with Gasteiger partial charge < -0.3 is 11.1 Å². The third kappa shape index (κ3) is 8.98. The lowest BCUT2D eigenvalue weighted by Crippen LogP contribution is -2.64. The van der Waals surface area contributed by atoms with Gasteiger partial charge in [-0.15, -0.1) is 34.0 Å². The summed E-state index contributed by atoms with van der Waals surface area (Å²) in [6, 6.07) is 9.71. The number of halogens is 2. The third-order valence-corrected chi connectivity index (χ3v) is 4.38. The SMILES string of the molecule is Br.Br.CC[C@](Cc1ccccc1)(NCC(C)C)NC(=O)[C@@H](N)C(C)(C)C. The second kappa shape index (κ2) is 12.1. The number of carbonyl (C=O) groups excluding carboxylic acids is 1. The number of hydrogen-bond donors (Lipinski definition) is 3. The van der Waals surface area contributed by atoms with Crippen molar-refractivity contribution in [1.29, 1.82) is 0 Å². The van der Waals surface area contributed by atoms with Gasteiger partial charge in [-0.1, -0.05) is 71.9 Å². The molecule has 152 valence electrons. The standard InChI is InChI=1S/C20H35N3O.2BrH/c1-7-20(22-14-15(2)3,13-16-11-9-8-10-12-16)23-18(24)17(21)19(4,5)6;;/h8-12,15,17,22H,7,13-14,21H2,1-6H3,(H,23,24);2*1H/t17-,20+;;/m1../s1. The first-order valence-electron chi connectivity index (χ1n) is 8.96. The maximum atomic E-state index is 12.7. The lowest BCUT2D eigenvalue weighted by atomic mass is 9.86. The zero-order valence-electron chi connectivity index (χ0n) is 17.0. The summed E-state index contributed by atoms with van der Waals surface area (Å²) in [5.74, 6) is 0.399. The van der Waals surface area contributed by atoms with Crippen LogP contribution in [0.3, 0.4) is 0 Å². The van der Waals surface area contributed by atoms with Crippen LogP contribution in [-0.2, 0) is 11.2 Å². The predicted molar refractivity (Wildman–Crippen MR) is 122 cm³/mol. The molecule has 0 spiro atoms. The fraction of sp³-hybridized carbons (Fsp3) is 0.650. The molecule has 4 N–H and O–H groups in total. The molecule has 1 amide bonds. The molecule has 4 nitrogen and oxygen atoms in total. The Kier molecular flexibility index (Phi) is 12.9. The minimum absolute atomic E-state index is 0. The highest BCUT2D eigenvalue weighted by Crippen LogP contribution is 2.20. The van der Waals surface area contributed by atoms with Crippen molar-refractivity contribution < 1.29 is 4.79 Å². The molecule has 1 rings (SSSR count). The first-order chi connectivity index (χ1) is 11.1. The Bertz CT molecular complexity index is 518. The zero-order chi connectivity index (χ0) is 18.4. The van der Waals surface area contributed by atoms with Crippen molar-refractivity contribution in [2.75, 3.05) is 6.54 Å². The summed E-state index contributed by atoms with van der Waals surface area (Å²) in [6.07, 6.45) is 1.52. The minimum atomic E-state index is -0.542. The van der Waals surface area contributed by atoms with Crippen LogP contribution in [0.4, 0.5) is 0 Å². The molecule has 0 saturated heterocycles. The fourth-order valence-electron chi connectivity index (χ4n) is 2.54. The van der Waals surface area contributed by atoms with E-state index in [4.69, 9.17) is 5.73 Å². The Hall–Kier alpha value is -0.430. The van der Waals surface area contributed by atoms with Gasteiger partial charge in [0.15, 0.2) is 0 Å². The van der Waals surface area contributed by atoms with Crippen LogP contribution in [0.5, 0.6) is 0 Å². The quantitative estimate of drug-likeness (QED) is 0.473. The smallest absolute Gasteiger partial charge is 0.238 e. The summed E-state index contributed by atoms with van der Waals surface area (Å²) in [5.41, 5.74) is 6.61. The van der Waals surface area contributed by atoms with E-state index in [1.54, 1.807) is 0 Å².